The predicted molar refractivity (Wildman–Crippen MR) is 149 cm³/mol. The van der Waals surface area contributed by atoms with Gasteiger partial charge in [0.25, 0.3) is 0 Å². The summed E-state index contributed by atoms with van der Waals surface area (Å²) in [5.74, 6) is 1.08. The van der Waals surface area contributed by atoms with Crippen LogP contribution in [-0.4, -0.2) is 63.8 Å². The fraction of sp³-hybridized carbons (Fsp3) is 0.419. The second-order valence-corrected chi connectivity index (χ2v) is 10.3. The molecule has 0 spiro atoms. The fourth-order valence-corrected chi connectivity index (χ4v) is 5.35. The van der Waals surface area contributed by atoms with Gasteiger partial charge in [0, 0.05) is 39.3 Å². The molecule has 3 unspecified atom stereocenters. The number of anilines is 1. The Morgan fingerprint density at radius 3 is 2.63 bits per heavy atom. The molecule has 0 amide bonds. The SMILES string of the molecule is COCCCN1CCOc2ccc(COC3CNCC(O)C3c3ccc(Oc4cccc(C(F)(F)F)c4)cc3)cc21. The van der Waals surface area contributed by atoms with E-state index in [2.05, 4.69) is 16.3 Å². The van der Waals surface area contributed by atoms with Crippen LogP contribution in [0.3, 0.4) is 0 Å². The summed E-state index contributed by atoms with van der Waals surface area (Å²) < 4.78 is 62.2. The van der Waals surface area contributed by atoms with Crippen molar-refractivity contribution in [1.29, 1.82) is 0 Å². The van der Waals surface area contributed by atoms with Crippen LogP contribution >= 0.6 is 0 Å². The number of rotatable bonds is 10. The number of hydrogen-bond donors (Lipinski definition) is 2. The Morgan fingerprint density at radius 1 is 1.02 bits per heavy atom. The van der Waals surface area contributed by atoms with Crippen LogP contribution in [-0.2, 0) is 22.3 Å². The number of aliphatic hydroxyl groups excluding tert-OH is 1. The van der Waals surface area contributed by atoms with Gasteiger partial charge in [-0.2, -0.15) is 13.2 Å². The highest BCUT2D eigenvalue weighted by molar-refractivity contribution is 5.61. The number of nitrogens with zero attached hydrogens (tertiary/aromatic N) is 1. The van der Waals surface area contributed by atoms with E-state index in [1.54, 1.807) is 19.2 Å². The highest BCUT2D eigenvalue weighted by Crippen LogP contribution is 2.36. The number of benzene rings is 3. The van der Waals surface area contributed by atoms with Gasteiger partial charge in [0.2, 0.25) is 0 Å². The highest BCUT2D eigenvalue weighted by atomic mass is 19.4. The van der Waals surface area contributed by atoms with E-state index in [1.165, 1.54) is 12.1 Å². The van der Waals surface area contributed by atoms with Gasteiger partial charge in [0.05, 0.1) is 36.6 Å². The van der Waals surface area contributed by atoms with Crippen LogP contribution in [0.1, 0.15) is 29.0 Å². The van der Waals surface area contributed by atoms with E-state index in [1.807, 2.05) is 24.3 Å². The smallest absolute Gasteiger partial charge is 0.416 e. The average Bonchev–Trinajstić information content (AvgIpc) is 2.97. The maximum Gasteiger partial charge on any atom is 0.416 e. The lowest BCUT2D eigenvalue weighted by atomic mass is 9.85. The quantitative estimate of drug-likeness (QED) is 0.317. The number of halogens is 3. The first-order valence-corrected chi connectivity index (χ1v) is 13.8. The third kappa shape index (κ3) is 7.32. The number of ether oxygens (including phenoxy) is 4. The summed E-state index contributed by atoms with van der Waals surface area (Å²) >= 11 is 0. The summed E-state index contributed by atoms with van der Waals surface area (Å²) in [6, 6.07) is 17.9. The molecule has 1 fully saturated rings. The summed E-state index contributed by atoms with van der Waals surface area (Å²) in [4.78, 5) is 2.30. The topological polar surface area (TPSA) is 72.4 Å². The molecule has 2 aliphatic heterocycles. The molecule has 1 saturated heterocycles. The fourth-order valence-electron chi connectivity index (χ4n) is 5.35. The first-order valence-electron chi connectivity index (χ1n) is 13.8. The van der Waals surface area contributed by atoms with Crippen LogP contribution in [0.4, 0.5) is 18.9 Å². The minimum Gasteiger partial charge on any atom is -0.490 e. The standard InChI is InChI=1S/C31H35F3N2O5/c1-38-14-3-12-36-13-15-39-28-11-6-21(16-26(28)36)20-40-29-19-35-18-27(37)30(29)22-7-9-24(10-8-22)41-25-5-2-4-23(17-25)31(32,33)34/h2,4-11,16-17,27,29-30,35,37H,3,12-15,18-20H2,1H3. The Hall–Kier alpha value is -3.31. The molecule has 7 nitrogen and oxygen atoms in total. The Kier molecular flexibility index (Phi) is 9.34. The summed E-state index contributed by atoms with van der Waals surface area (Å²) in [7, 11) is 1.70. The minimum atomic E-state index is -4.44. The average molecular weight is 573 g/mol. The van der Waals surface area contributed by atoms with Crippen LogP contribution in [0.25, 0.3) is 0 Å². The van der Waals surface area contributed by atoms with E-state index in [-0.39, 0.29) is 17.8 Å². The zero-order chi connectivity index (χ0) is 28.8. The number of aliphatic hydroxyl groups is 1. The molecule has 3 aromatic rings. The van der Waals surface area contributed by atoms with Gasteiger partial charge in [-0.15, -0.1) is 0 Å². The van der Waals surface area contributed by atoms with Gasteiger partial charge < -0.3 is 34.3 Å². The molecule has 0 bridgehead atoms. The van der Waals surface area contributed by atoms with E-state index in [9.17, 15) is 18.3 Å². The number of fused-ring (bicyclic) bond motifs is 1. The molecular weight excluding hydrogens is 537 g/mol. The number of piperidine rings is 1. The largest absolute Gasteiger partial charge is 0.490 e. The molecular formula is C31H35F3N2O5. The third-order valence-electron chi connectivity index (χ3n) is 7.40. The summed E-state index contributed by atoms with van der Waals surface area (Å²) in [5.41, 5.74) is 2.15. The molecule has 0 aliphatic carbocycles. The van der Waals surface area contributed by atoms with Gasteiger partial charge in [0.1, 0.15) is 23.9 Å². The van der Waals surface area contributed by atoms with Gasteiger partial charge in [0.15, 0.2) is 0 Å². The second kappa shape index (κ2) is 13.1. The van der Waals surface area contributed by atoms with Crippen molar-refractivity contribution in [2.45, 2.75) is 37.3 Å². The number of β-amino-alcohol motifs (C(OH)–C–C–N with tert-alkyl or cyclic N) is 1. The van der Waals surface area contributed by atoms with E-state index in [0.29, 0.717) is 38.7 Å². The number of nitrogens with one attached hydrogen (secondary N) is 1. The van der Waals surface area contributed by atoms with Crippen LogP contribution in [0.15, 0.2) is 66.7 Å². The van der Waals surface area contributed by atoms with Crippen molar-refractivity contribution in [2.24, 2.45) is 0 Å². The number of methoxy groups -OCH3 is 1. The predicted octanol–water partition coefficient (Wildman–Crippen LogP) is 5.37. The van der Waals surface area contributed by atoms with E-state index >= 15 is 0 Å². The normalized spacial score (nSPS) is 20.8. The Balaban J connectivity index is 1.25. The first-order chi connectivity index (χ1) is 19.8. The Morgan fingerprint density at radius 2 is 1.85 bits per heavy atom. The van der Waals surface area contributed by atoms with Crippen LogP contribution in [0.2, 0.25) is 0 Å². The zero-order valence-corrected chi connectivity index (χ0v) is 22.9. The summed E-state index contributed by atoms with van der Waals surface area (Å²) in [6.07, 6.45) is -4.48. The molecule has 2 heterocycles. The Bertz CT molecular complexity index is 1290. The van der Waals surface area contributed by atoms with Crippen molar-refractivity contribution in [3.05, 3.63) is 83.4 Å². The van der Waals surface area contributed by atoms with Gasteiger partial charge in [-0.05, 0) is 60.0 Å². The number of alkyl halides is 3. The van der Waals surface area contributed by atoms with E-state index in [4.69, 9.17) is 18.9 Å². The third-order valence-corrected chi connectivity index (χ3v) is 7.40. The van der Waals surface area contributed by atoms with Crippen molar-refractivity contribution >= 4 is 5.69 Å². The molecule has 2 N–H and O–H groups in total. The lowest BCUT2D eigenvalue weighted by molar-refractivity contribution is -0.137. The van der Waals surface area contributed by atoms with Gasteiger partial charge in [-0.1, -0.05) is 24.3 Å². The lowest BCUT2D eigenvalue weighted by Gasteiger charge is -2.36. The molecule has 10 heteroatoms. The monoisotopic (exact) mass is 572 g/mol. The molecule has 3 atom stereocenters. The van der Waals surface area contributed by atoms with Crippen molar-refractivity contribution in [3.8, 4) is 17.2 Å². The molecule has 41 heavy (non-hydrogen) atoms. The molecule has 220 valence electrons. The van der Waals surface area contributed by atoms with Gasteiger partial charge >= 0.3 is 6.18 Å². The van der Waals surface area contributed by atoms with Crippen molar-refractivity contribution in [2.75, 3.05) is 51.4 Å². The Labute approximate surface area is 237 Å². The maximum atomic E-state index is 13.1. The van der Waals surface area contributed by atoms with Crippen LogP contribution in [0, 0.1) is 0 Å². The minimum absolute atomic E-state index is 0.100. The van der Waals surface area contributed by atoms with Crippen molar-refractivity contribution in [1.82, 2.24) is 5.32 Å². The molecule has 2 aliphatic rings. The number of hydrogen-bond acceptors (Lipinski definition) is 7. The van der Waals surface area contributed by atoms with Gasteiger partial charge in [-0.3, -0.25) is 0 Å². The molecule has 0 radical (unpaired) electrons. The summed E-state index contributed by atoms with van der Waals surface area (Å²) in [6.45, 7) is 4.41. The van der Waals surface area contributed by atoms with Gasteiger partial charge in [-0.25, -0.2) is 0 Å². The molecule has 3 aromatic carbocycles. The zero-order valence-electron chi connectivity index (χ0n) is 22.9. The summed E-state index contributed by atoms with van der Waals surface area (Å²) in [5, 5.41) is 14.1. The molecule has 0 saturated carbocycles. The van der Waals surface area contributed by atoms with Crippen molar-refractivity contribution in [3.63, 3.8) is 0 Å². The second-order valence-electron chi connectivity index (χ2n) is 10.3. The van der Waals surface area contributed by atoms with Crippen LogP contribution in [0.5, 0.6) is 17.2 Å². The molecule has 5 rings (SSSR count). The maximum absolute atomic E-state index is 13.1. The van der Waals surface area contributed by atoms with E-state index < -0.39 is 17.8 Å². The first kappa shape index (κ1) is 29.2. The van der Waals surface area contributed by atoms with E-state index in [0.717, 1.165) is 54.2 Å². The molecule has 0 aromatic heterocycles. The van der Waals surface area contributed by atoms with Crippen LogP contribution < -0.4 is 19.7 Å². The lowest BCUT2D eigenvalue weighted by Crippen LogP contribution is -2.49. The highest BCUT2D eigenvalue weighted by Gasteiger charge is 2.34. The van der Waals surface area contributed by atoms with Crippen molar-refractivity contribution < 1.29 is 37.2 Å².